The predicted molar refractivity (Wildman–Crippen MR) is 141 cm³/mol. The summed E-state index contributed by atoms with van der Waals surface area (Å²) in [6.07, 6.45) is -4.17. The van der Waals surface area contributed by atoms with Crippen LogP contribution in [0.3, 0.4) is 0 Å². The van der Waals surface area contributed by atoms with Crippen molar-refractivity contribution in [2.45, 2.75) is 51.4 Å². The number of aromatic nitrogens is 2. The summed E-state index contributed by atoms with van der Waals surface area (Å²) in [5, 5.41) is 21.8. The van der Waals surface area contributed by atoms with E-state index in [1.54, 1.807) is 19.9 Å². The van der Waals surface area contributed by atoms with E-state index < -0.39 is 77.4 Å². The number of ether oxygens (including phenoxy) is 2. The fourth-order valence-electron chi connectivity index (χ4n) is 4.07. The summed E-state index contributed by atoms with van der Waals surface area (Å²) in [5.74, 6) is -0.269. The molecule has 1 aromatic heterocycles. The largest absolute Gasteiger partial charge is 0.490 e. The fourth-order valence-corrected chi connectivity index (χ4v) is 7.10. The lowest BCUT2D eigenvalue weighted by molar-refractivity contribution is -0.386. The zero-order valence-electron chi connectivity index (χ0n) is 22.3. The van der Waals surface area contributed by atoms with Crippen molar-refractivity contribution in [2.24, 2.45) is 5.92 Å². The molecule has 240 valence electrons. The summed E-state index contributed by atoms with van der Waals surface area (Å²) in [6, 6.07) is 5.91. The number of hydrogen-bond acceptors (Lipinski definition) is 13. The van der Waals surface area contributed by atoms with Gasteiger partial charge in [0.2, 0.25) is 0 Å². The monoisotopic (exact) mass is 675 g/mol. The Hall–Kier alpha value is -2.41. The summed E-state index contributed by atoms with van der Waals surface area (Å²) in [7, 11) is -16.9. The molecule has 20 nitrogen and oxygen atoms in total. The van der Waals surface area contributed by atoms with E-state index in [0.717, 1.165) is 10.8 Å². The van der Waals surface area contributed by atoms with Crippen molar-refractivity contribution in [1.29, 1.82) is 0 Å². The Balaban J connectivity index is 1.73. The van der Waals surface area contributed by atoms with Crippen LogP contribution in [0.4, 0.5) is 5.69 Å². The van der Waals surface area contributed by atoms with Crippen molar-refractivity contribution in [3.8, 4) is 0 Å². The van der Waals surface area contributed by atoms with Crippen molar-refractivity contribution in [2.75, 3.05) is 6.61 Å². The Morgan fingerprint density at radius 1 is 1.12 bits per heavy atom. The average molecular weight is 675 g/mol. The van der Waals surface area contributed by atoms with Crippen LogP contribution in [0.25, 0.3) is 0 Å². The molecule has 6 atom stereocenters. The van der Waals surface area contributed by atoms with E-state index in [2.05, 4.69) is 18.1 Å². The van der Waals surface area contributed by atoms with Gasteiger partial charge in [0.15, 0.2) is 0 Å². The van der Waals surface area contributed by atoms with Gasteiger partial charge in [0, 0.05) is 18.7 Å². The Bertz CT molecular complexity index is 1590. The van der Waals surface area contributed by atoms with Crippen LogP contribution in [-0.2, 0) is 42.9 Å². The molecule has 0 amide bonds. The standard InChI is InChI=1S/C20H28N3O17P3/c1-11(2)18(13-5-3-4-6-14(13)23(27)28)36-9-12-8-22(20(26)21-19(12)25)17-7-15(24)16(38-17)10-37-42(32,33)40-43(34,35)39-41(29,30)31/h3-6,8,11,15-18,24H,7,9-10H2,1-2H3,(H,32,33)(H,34,35)(H,21,25,26)(H2,29,30,31)/t15?,16-,17-,18+/m1/s1. The summed E-state index contributed by atoms with van der Waals surface area (Å²) in [4.78, 5) is 74.0. The van der Waals surface area contributed by atoms with Gasteiger partial charge < -0.3 is 34.2 Å². The first-order chi connectivity index (χ1) is 19.8. The molecule has 0 radical (unpaired) electrons. The van der Waals surface area contributed by atoms with Gasteiger partial charge in [-0.3, -0.25) is 29.0 Å². The van der Waals surface area contributed by atoms with Crippen molar-refractivity contribution in [1.82, 2.24) is 9.55 Å². The minimum absolute atomic E-state index is 0.0846. The second-order valence-corrected chi connectivity index (χ2v) is 13.9. The van der Waals surface area contributed by atoms with Crippen LogP contribution in [0, 0.1) is 16.0 Å². The van der Waals surface area contributed by atoms with Gasteiger partial charge in [0.1, 0.15) is 12.3 Å². The summed E-state index contributed by atoms with van der Waals surface area (Å²) >= 11 is 0. The van der Waals surface area contributed by atoms with E-state index in [9.17, 15) is 48.3 Å². The lowest BCUT2D eigenvalue weighted by Crippen LogP contribution is -2.34. The maximum absolute atomic E-state index is 12.5. The van der Waals surface area contributed by atoms with Gasteiger partial charge in [-0.25, -0.2) is 18.5 Å². The molecule has 1 aliphatic rings. The molecule has 0 bridgehead atoms. The van der Waals surface area contributed by atoms with Crippen LogP contribution in [0.15, 0.2) is 40.1 Å². The van der Waals surface area contributed by atoms with Crippen LogP contribution in [-0.4, -0.2) is 58.0 Å². The molecule has 1 fully saturated rings. The van der Waals surface area contributed by atoms with E-state index >= 15 is 0 Å². The third kappa shape index (κ3) is 9.79. The Labute approximate surface area is 241 Å². The van der Waals surface area contributed by atoms with Gasteiger partial charge in [-0.15, -0.1) is 0 Å². The number of aliphatic hydroxyl groups excluding tert-OH is 1. The number of H-pyrrole nitrogens is 1. The number of nitro groups is 1. The number of nitrogens with zero attached hydrogens (tertiary/aromatic N) is 2. The highest BCUT2D eigenvalue weighted by atomic mass is 31.3. The van der Waals surface area contributed by atoms with Crippen LogP contribution in [0.2, 0.25) is 0 Å². The Morgan fingerprint density at radius 3 is 2.37 bits per heavy atom. The summed E-state index contributed by atoms with van der Waals surface area (Å²) in [6.45, 7) is 2.14. The van der Waals surface area contributed by atoms with Crippen molar-refractivity contribution in [3.05, 3.63) is 72.5 Å². The lowest BCUT2D eigenvalue weighted by atomic mass is 9.97. The second kappa shape index (κ2) is 13.7. The molecule has 1 saturated heterocycles. The third-order valence-electron chi connectivity index (χ3n) is 5.84. The third-order valence-corrected chi connectivity index (χ3v) is 9.64. The SMILES string of the molecule is CC(C)[C@H](OCc1cn([C@H]2CC(O)[C@@H](COP(=O)(O)OP(=O)(O)OP(=O)(O)O)O2)c(=O)[nH]c1=O)c1ccccc1[N+](=O)[O-]. The van der Waals surface area contributed by atoms with Crippen molar-refractivity contribution >= 4 is 29.2 Å². The van der Waals surface area contributed by atoms with Gasteiger partial charge in [0.25, 0.3) is 11.2 Å². The molecule has 3 unspecified atom stereocenters. The number of phosphoric acid groups is 3. The van der Waals surface area contributed by atoms with Crippen molar-refractivity contribution in [3.63, 3.8) is 0 Å². The number of nitro benzene ring substituents is 1. The smallest absolute Gasteiger partial charge is 0.390 e. The highest BCUT2D eigenvalue weighted by Crippen LogP contribution is 2.66. The average Bonchev–Trinajstić information content (AvgIpc) is 3.22. The maximum Gasteiger partial charge on any atom is 0.490 e. The summed E-state index contributed by atoms with van der Waals surface area (Å²) in [5.41, 5.74) is -1.78. The van der Waals surface area contributed by atoms with Gasteiger partial charge >= 0.3 is 29.2 Å². The molecule has 3 rings (SSSR count). The molecular formula is C20H28N3O17P3. The molecule has 2 heterocycles. The fraction of sp³-hybridized carbons (Fsp3) is 0.500. The summed E-state index contributed by atoms with van der Waals surface area (Å²) < 4.78 is 58.1. The second-order valence-electron chi connectivity index (χ2n) is 9.43. The first-order valence-corrected chi connectivity index (χ1v) is 16.6. The maximum atomic E-state index is 12.5. The van der Waals surface area contributed by atoms with Crippen LogP contribution in [0.5, 0.6) is 0 Å². The highest BCUT2D eigenvalue weighted by Gasteiger charge is 2.43. The highest BCUT2D eigenvalue weighted by molar-refractivity contribution is 7.66. The van der Waals surface area contributed by atoms with Crippen LogP contribution in [0.1, 0.15) is 43.7 Å². The quantitative estimate of drug-likeness (QED) is 0.0935. The molecule has 0 aliphatic carbocycles. The Morgan fingerprint density at radius 2 is 1.77 bits per heavy atom. The molecule has 23 heteroatoms. The molecule has 2 aromatic rings. The van der Waals surface area contributed by atoms with Gasteiger partial charge in [-0.1, -0.05) is 26.0 Å². The zero-order valence-corrected chi connectivity index (χ0v) is 24.9. The number of aromatic amines is 1. The normalized spacial score (nSPS) is 22.7. The zero-order chi connectivity index (χ0) is 32.3. The predicted octanol–water partition coefficient (Wildman–Crippen LogP) is 1.35. The van der Waals surface area contributed by atoms with Gasteiger partial charge in [0.05, 0.1) is 41.5 Å². The molecule has 1 aromatic carbocycles. The van der Waals surface area contributed by atoms with Crippen molar-refractivity contribution < 1.29 is 65.9 Å². The number of hydrogen-bond donors (Lipinski definition) is 6. The molecule has 1 aliphatic heterocycles. The molecule has 6 N–H and O–H groups in total. The number of benzene rings is 1. The number of phosphoric ester groups is 1. The van der Waals surface area contributed by atoms with E-state index in [4.69, 9.17) is 19.3 Å². The van der Waals surface area contributed by atoms with E-state index in [1.807, 2.05) is 0 Å². The van der Waals surface area contributed by atoms with Crippen LogP contribution >= 0.6 is 23.5 Å². The minimum Gasteiger partial charge on any atom is -0.390 e. The van der Waals surface area contributed by atoms with E-state index in [0.29, 0.717) is 0 Å². The Kier molecular flexibility index (Phi) is 11.2. The number of rotatable bonds is 14. The molecule has 0 saturated carbocycles. The van der Waals surface area contributed by atoms with Crippen LogP contribution < -0.4 is 11.2 Å². The first kappa shape index (κ1) is 35.1. The van der Waals surface area contributed by atoms with E-state index in [1.165, 1.54) is 18.2 Å². The number of nitrogens with one attached hydrogen (secondary N) is 1. The van der Waals surface area contributed by atoms with Gasteiger partial charge in [-0.2, -0.15) is 8.62 Å². The first-order valence-electron chi connectivity index (χ1n) is 12.1. The van der Waals surface area contributed by atoms with Gasteiger partial charge in [-0.05, 0) is 12.0 Å². The lowest BCUT2D eigenvalue weighted by Gasteiger charge is -2.22. The molecule has 43 heavy (non-hydrogen) atoms. The molecule has 0 spiro atoms. The number of para-hydroxylation sites is 1. The minimum atomic E-state index is -5.77. The topological polar surface area (TPSA) is 297 Å². The van der Waals surface area contributed by atoms with E-state index in [-0.39, 0.29) is 29.2 Å². The number of aliphatic hydroxyl groups is 1. The molecular weight excluding hydrogens is 647 g/mol.